The van der Waals surface area contributed by atoms with Crippen LogP contribution in [0.3, 0.4) is 0 Å². The molecule has 0 spiro atoms. The van der Waals surface area contributed by atoms with Crippen molar-refractivity contribution in [3.63, 3.8) is 0 Å². The lowest BCUT2D eigenvalue weighted by Gasteiger charge is -2.40. The second kappa shape index (κ2) is 9.48. The van der Waals surface area contributed by atoms with Gasteiger partial charge in [0.05, 0.1) is 13.2 Å². The first-order valence-corrected chi connectivity index (χ1v) is 14.4. The average molecular weight is 558 g/mol. The van der Waals surface area contributed by atoms with Gasteiger partial charge in [-0.2, -0.15) is 8.42 Å². The fourth-order valence-electron chi connectivity index (χ4n) is 5.79. The van der Waals surface area contributed by atoms with E-state index < -0.39 is 22.0 Å². The van der Waals surface area contributed by atoms with E-state index in [0.717, 1.165) is 69.4 Å². The molecule has 0 bridgehead atoms. The fourth-order valence-corrected chi connectivity index (χ4v) is 6.73. The minimum Gasteiger partial charge on any atom is -0.493 e. The molecule has 0 saturated carbocycles. The number of nitrogens with one attached hydrogen (secondary N) is 1. The van der Waals surface area contributed by atoms with Gasteiger partial charge in [0.15, 0.2) is 17.3 Å². The number of allylic oxidation sites excluding steroid dienone is 1. The number of ether oxygens (including phenoxy) is 1. The highest BCUT2D eigenvalue weighted by Crippen LogP contribution is 2.52. The molecule has 1 heterocycles. The van der Waals surface area contributed by atoms with Gasteiger partial charge in [0.2, 0.25) is 0 Å². The molecule has 1 aliphatic heterocycles. The largest absolute Gasteiger partial charge is 0.493 e. The molecule has 0 amide bonds. The number of benzene rings is 4. The van der Waals surface area contributed by atoms with Crippen molar-refractivity contribution in [1.29, 1.82) is 0 Å². The first-order chi connectivity index (χ1) is 19.1. The molecule has 40 heavy (non-hydrogen) atoms. The van der Waals surface area contributed by atoms with Crippen molar-refractivity contribution in [2.75, 3.05) is 12.4 Å². The summed E-state index contributed by atoms with van der Waals surface area (Å²) in [6, 6.07) is 21.2. The Labute approximate surface area is 232 Å². The molecule has 0 radical (unpaired) electrons. The summed E-state index contributed by atoms with van der Waals surface area (Å²) in [5.41, 5.74) is 4.31. The Morgan fingerprint density at radius 3 is 2.42 bits per heavy atom. The van der Waals surface area contributed by atoms with E-state index in [-0.39, 0.29) is 27.6 Å². The Morgan fingerprint density at radius 1 is 0.925 bits per heavy atom. The van der Waals surface area contributed by atoms with E-state index in [0.29, 0.717) is 6.42 Å². The Bertz CT molecular complexity index is 1810. The number of carbonyl (C=O) groups excluding carboxylic acids is 1. The topological polar surface area (TPSA) is 81.7 Å². The molecular weight excluding hydrogens is 529 g/mol. The average Bonchev–Trinajstić information content (AvgIpc) is 2.92. The number of hydrogen-bond donors (Lipinski definition) is 1. The van der Waals surface area contributed by atoms with Gasteiger partial charge in [-0.3, -0.25) is 4.79 Å². The molecule has 4 aromatic rings. The van der Waals surface area contributed by atoms with Gasteiger partial charge in [-0.25, -0.2) is 4.39 Å². The van der Waals surface area contributed by atoms with Crippen LogP contribution in [0.5, 0.6) is 11.5 Å². The zero-order chi connectivity index (χ0) is 28.2. The Balaban J connectivity index is 1.44. The first kappa shape index (κ1) is 26.1. The van der Waals surface area contributed by atoms with Gasteiger partial charge in [-0.15, -0.1) is 0 Å². The van der Waals surface area contributed by atoms with E-state index in [4.69, 9.17) is 8.92 Å². The molecule has 0 aromatic heterocycles. The van der Waals surface area contributed by atoms with E-state index in [1.54, 1.807) is 12.1 Å². The zero-order valence-electron chi connectivity index (χ0n) is 22.3. The lowest BCUT2D eigenvalue weighted by Crippen LogP contribution is -2.33. The number of rotatable bonds is 5. The molecule has 0 fully saturated rings. The number of carbonyl (C=O) groups is 1. The summed E-state index contributed by atoms with van der Waals surface area (Å²) < 4.78 is 49.9. The molecule has 204 valence electrons. The number of fused-ring (bicyclic) bond motifs is 4. The molecule has 8 heteroatoms. The maximum atomic E-state index is 13.7. The number of ketones is 1. The van der Waals surface area contributed by atoms with Crippen molar-refractivity contribution in [3.8, 4) is 11.5 Å². The maximum Gasteiger partial charge on any atom is 0.339 e. The Kier molecular flexibility index (Phi) is 6.18. The van der Waals surface area contributed by atoms with Crippen LogP contribution in [0.25, 0.3) is 16.3 Å². The van der Waals surface area contributed by atoms with Gasteiger partial charge in [0.1, 0.15) is 10.7 Å². The second-order valence-electron chi connectivity index (χ2n) is 11.0. The van der Waals surface area contributed by atoms with Crippen LogP contribution in [0.2, 0.25) is 0 Å². The smallest absolute Gasteiger partial charge is 0.339 e. The third-order valence-electron chi connectivity index (χ3n) is 7.56. The zero-order valence-corrected chi connectivity index (χ0v) is 23.1. The molecule has 1 N–H and O–H groups in total. The van der Waals surface area contributed by atoms with Crippen molar-refractivity contribution >= 4 is 37.9 Å². The van der Waals surface area contributed by atoms with Gasteiger partial charge in [0.25, 0.3) is 0 Å². The molecule has 0 saturated heterocycles. The fraction of sp³-hybridized carbons (Fsp3) is 0.219. The third kappa shape index (κ3) is 4.52. The summed E-state index contributed by atoms with van der Waals surface area (Å²) in [4.78, 5) is 13.5. The summed E-state index contributed by atoms with van der Waals surface area (Å²) in [5.74, 6) is -0.284. The monoisotopic (exact) mass is 557 g/mol. The normalized spacial score (nSPS) is 18.1. The Hall–Kier alpha value is -4.17. The number of methoxy groups -OCH3 is 1. The Morgan fingerprint density at radius 2 is 1.68 bits per heavy atom. The van der Waals surface area contributed by atoms with E-state index in [2.05, 4.69) is 37.4 Å². The van der Waals surface area contributed by atoms with Crippen molar-refractivity contribution < 1.29 is 26.5 Å². The van der Waals surface area contributed by atoms with Crippen LogP contribution in [-0.2, 0) is 14.9 Å². The highest BCUT2D eigenvalue weighted by atomic mass is 32.2. The summed E-state index contributed by atoms with van der Waals surface area (Å²) in [7, 11) is -2.81. The summed E-state index contributed by atoms with van der Waals surface area (Å²) >= 11 is 0. The van der Waals surface area contributed by atoms with Crippen molar-refractivity contribution in [3.05, 3.63) is 101 Å². The van der Waals surface area contributed by atoms with Crippen LogP contribution in [0.4, 0.5) is 10.1 Å². The summed E-state index contributed by atoms with van der Waals surface area (Å²) in [5, 5.41) is 5.78. The van der Waals surface area contributed by atoms with Crippen molar-refractivity contribution in [2.45, 2.75) is 37.6 Å². The van der Waals surface area contributed by atoms with E-state index in [1.165, 1.54) is 13.2 Å². The van der Waals surface area contributed by atoms with Crippen molar-refractivity contribution in [2.24, 2.45) is 5.41 Å². The molecule has 6 nitrogen and oxygen atoms in total. The number of Topliss-reactive ketones (excluding diaryl/α,β-unsaturated/α-hetero) is 1. The highest BCUT2D eigenvalue weighted by molar-refractivity contribution is 7.87. The molecular formula is C32H28FNO5S. The van der Waals surface area contributed by atoms with Crippen LogP contribution in [0, 0.1) is 11.2 Å². The summed E-state index contributed by atoms with van der Waals surface area (Å²) in [6.45, 7) is 4.24. The van der Waals surface area contributed by atoms with Gasteiger partial charge in [0, 0.05) is 23.2 Å². The molecule has 4 aromatic carbocycles. The van der Waals surface area contributed by atoms with Gasteiger partial charge in [-0.05, 0) is 76.2 Å². The highest BCUT2D eigenvalue weighted by Gasteiger charge is 2.41. The second-order valence-corrected chi connectivity index (χ2v) is 12.6. The lowest BCUT2D eigenvalue weighted by molar-refractivity contribution is -0.118. The standard InChI is InChI=1S/C32H28FNO5S/c1-32(2)17-24-29-23-7-5-4-6-19(23)8-14-25(29)34-31(30(24)26(35)18-32)20-9-15-27(28(16-20)38-3)39-40(36,37)22-12-10-21(33)11-13-22/h4-16,31,34H,17-18H2,1-3H3. The quantitative estimate of drug-likeness (QED) is 0.265. The summed E-state index contributed by atoms with van der Waals surface area (Å²) in [6.07, 6.45) is 1.18. The molecule has 1 aliphatic carbocycles. The van der Waals surface area contributed by atoms with Crippen LogP contribution in [-0.4, -0.2) is 21.3 Å². The molecule has 2 aliphatic rings. The minimum atomic E-state index is -4.23. The predicted octanol–water partition coefficient (Wildman–Crippen LogP) is 7.06. The van der Waals surface area contributed by atoms with Gasteiger partial charge >= 0.3 is 10.1 Å². The van der Waals surface area contributed by atoms with Crippen LogP contribution < -0.4 is 14.2 Å². The van der Waals surface area contributed by atoms with E-state index >= 15 is 0 Å². The number of hydrogen-bond acceptors (Lipinski definition) is 6. The van der Waals surface area contributed by atoms with E-state index in [1.807, 2.05) is 18.2 Å². The number of anilines is 1. The molecule has 1 unspecified atom stereocenters. The predicted molar refractivity (Wildman–Crippen MR) is 152 cm³/mol. The van der Waals surface area contributed by atoms with Crippen LogP contribution in [0.15, 0.2) is 89.3 Å². The van der Waals surface area contributed by atoms with Gasteiger partial charge < -0.3 is 14.2 Å². The van der Waals surface area contributed by atoms with Crippen LogP contribution in [0.1, 0.15) is 43.9 Å². The lowest BCUT2D eigenvalue weighted by atomic mass is 9.68. The number of halogens is 1. The van der Waals surface area contributed by atoms with Gasteiger partial charge in [-0.1, -0.05) is 50.2 Å². The van der Waals surface area contributed by atoms with Crippen molar-refractivity contribution in [1.82, 2.24) is 0 Å². The van der Waals surface area contributed by atoms with Crippen LogP contribution >= 0.6 is 0 Å². The SMILES string of the molecule is COc1cc(C2Nc3ccc4ccccc4c3C3=C2C(=O)CC(C)(C)C3)ccc1OS(=O)(=O)c1ccc(F)cc1. The minimum absolute atomic E-state index is 0.0110. The maximum absolute atomic E-state index is 13.7. The molecule has 1 atom stereocenters. The molecule has 6 rings (SSSR count). The van der Waals surface area contributed by atoms with E-state index in [9.17, 15) is 17.6 Å². The third-order valence-corrected chi connectivity index (χ3v) is 8.81. The first-order valence-electron chi connectivity index (χ1n) is 13.0.